The Kier molecular flexibility index (Phi) is 4.43. The van der Waals surface area contributed by atoms with E-state index in [1.54, 1.807) is 4.90 Å². The van der Waals surface area contributed by atoms with Gasteiger partial charge in [-0.25, -0.2) is 4.79 Å². The number of likely N-dealkylation sites (N-methyl/N-ethyl adjacent to an activating group) is 1. The number of carbonyl (C=O) groups is 1. The number of piperidine rings is 1. The maximum atomic E-state index is 12.1. The molecule has 0 aliphatic carbocycles. The number of ether oxygens (including phenoxy) is 1. The third-order valence-electron chi connectivity index (χ3n) is 3.76. The van der Waals surface area contributed by atoms with Crippen molar-refractivity contribution in [2.24, 2.45) is 0 Å². The van der Waals surface area contributed by atoms with Gasteiger partial charge in [0.2, 0.25) is 0 Å². The number of carbonyl (C=O) groups excluding carboxylic acids is 1. The zero-order chi connectivity index (χ0) is 13.7. The quantitative estimate of drug-likeness (QED) is 0.909. The molecule has 1 heterocycles. The van der Waals surface area contributed by atoms with Gasteiger partial charge in [0, 0.05) is 18.6 Å². The highest BCUT2D eigenvalue weighted by Crippen LogP contribution is 2.20. The average Bonchev–Trinajstić information content (AvgIpc) is 2.46. The molecule has 1 aromatic rings. The van der Waals surface area contributed by atoms with Crippen LogP contribution >= 0.6 is 0 Å². The number of likely N-dealkylation sites (tertiary alicyclic amines) is 1. The number of hydrogen-bond acceptors (Lipinski definition) is 3. The Morgan fingerprint density at radius 3 is 2.84 bits per heavy atom. The molecule has 0 unspecified atom stereocenters. The van der Waals surface area contributed by atoms with Crippen LogP contribution in [-0.2, 0) is 11.3 Å². The molecule has 2 rings (SSSR count). The maximum Gasteiger partial charge on any atom is 0.410 e. The number of nitrogens with one attached hydrogen (secondary N) is 1. The summed E-state index contributed by atoms with van der Waals surface area (Å²) in [4.78, 5) is 13.8. The van der Waals surface area contributed by atoms with Crippen molar-refractivity contribution in [3.8, 4) is 0 Å². The smallest absolute Gasteiger partial charge is 0.410 e. The predicted octanol–water partition coefficient (Wildman–Crippen LogP) is 2.40. The van der Waals surface area contributed by atoms with Crippen molar-refractivity contribution in [2.45, 2.75) is 31.9 Å². The Morgan fingerprint density at radius 1 is 1.42 bits per heavy atom. The van der Waals surface area contributed by atoms with Gasteiger partial charge in [0.25, 0.3) is 0 Å². The van der Waals surface area contributed by atoms with Gasteiger partial charge in [0.05, 0.1) is 0 Å². The first-order chi connectivity index (χ1) is 9.13. The van der Waals surface area contributed by atoms with Crippen LogP contribution in [0.2, 0.25) is 0 Å². The zero-order valence-electron chi connectivity index (χ0n) is 11.7. The Balaban J connectivity index is 1.86. The zero-order valence-corrected chi connectivity index (χ0v) is 11.7. The van der Waals surface area contributed by atoms with E-state index in [9.17, 15) is 4.79 Å². The summed E-state index contributed by atoms with van der Waals surface area (Å²) in [5.74, 6) is 0. The first kappa shape index (κ1) is 13.9. The topological polar surface area (TPSA) is 41.6 Å². The molecule has 0 radical (unpaired) electrons. The van der Waals surface area contributed by atoms with Crippen molar-refractivity contribution in [1.82, 2.24) is 10.2 Å². The van der Waals surface area contributed by atoms with Crippen LogP contribution < -0.4 is 5.32 Å². The van der Waals surface area contributed by atoms with Crippen molar-refractivity contribution < 1.29 is 9.53 Å². The summed E-state index contributed by atoms with van der Waals surface area (Å²) < 4.78 is 5.36. The standard InChI is InChI=1S/C15H22N2O2/c1-15(16-2)9-6-10-17(12-15)14(18)19-11-13-7-4-3-5-8-13/h3-5,7-8,16H,6,9-12H2,1-2H3/t15-/m0/s1. The molecular formula is C15H22N2O2. The number of rotatable bonds is 3. The second-order valence-electron chi connectivity index (χ2n) is 5.38. The molecule has 1 fully saturated rings. The minimum absolute atomic E-state index is 0.00399. The van der Waals surface area contributed by atoms with Gasteiger partial charge in [-0.15, -0.1) is 0 Å². The Labute approximate surface area is 114 Å². The summed E-state index contributed by atoms with van der Waals surface area (Å²) >= 11 is 0. The van der Waals surface area contributed by atoms with Gasteiger partial charge in [0.1, 0.15) is 6.61 Å². The van der Waals surface area contributed by atoms with Crippen LogP contribution in [0.15, 0.2) is 30.3 Å². The lowest BCUT2D eigenvalue weighted by Gasteiger charge is -2.39. The largest absolute Gasteiger partial charge is 0.445 e. The van der Waals surface area contributed by atoms with Gasteiger partial charge in [-0.1, -0.05) is 30.3 Å². The normalized spacial score (nSPS) is 23.2. The molecule has 1 aliphatic heterocycles. The lowest BCUT2D eigenvalue weighted by Crippen LogP contribution is -2.55. The van der Waals surface area contributed by atoms with Crippen LogP contribution in [-0.4, -0.2) is 36.7 Å². The summed E-state index contributed by atoms with van der Waals surface area (Å²) in [6.45, 7) is 3.97. The monoisotopic (exact) mass is 262 g/mol. The predicted molar refractivity (Wildman–Crippen MR) is 74.9 cm³/mol. The molecule has 1 N–H and O–H groups in total. The number of amides is 1. The van der Waals surface area contributed by atoms with Crippen molar-refractivity contribution in [1.29, 1.82) is 0 Å². The molecule has 0 bridgehead atoms. The molecule has 1 atom stereocenters. The van der Waals surface area contributed by atoms with Gasteiger partial charge < -0.3 is 15.0 Å². The van der Waals surface area contributed by atoms with Crippen LogP contribution in [0.4, 0.5) is 4.79 Å². The highest BCUT2D eigenvalue weighted by atomic mass is 16.6. The SMILES string of the molecule is CN[C@@]1(C)CCCN(C(=O)OCc2ccccc2)C1. The Morgan fingerprint density at radius 2 is 2.16 bits per heavy atom. The van der Waals surface area contributed by atoms with E-state index in [4.69, 9.17) is 4.74 Å². The number of benzene rings is 1. The van der Waals surface area contributed by atoms with E-state index in [0.717, 1.165) is 24.9 Å². The highest BCUT2D eigenvalue weighted by molar-refractivity contribution is 5.68. The molecular weight excluding hydrogens is 240 g/mol. The second-order valence-corrected chi connectivity index (χ2v) is 5.38. The summed E-state index contributed by atoms with van der Waals surface area (Å²) in [5.41, 5.74) is 1.02. The van der Waals surface area contributed by atoms with E-state index in [2.05, 4.69) is 12.2 Å². The molecule has 1 amide bonds. The highest BCUT2D eigenvalue weighted by Gasteiger charge is 2.32. The summed E-state index contributed by atoms with van der Waals surface area (Å²) in [5, 5.41) is 3.29. The number of hydrogen-bond donors (Lipinski definition) is 1. The first-order valence-corrected chi connectivity index (χ1v) is 6.77. The van der Waals surface area contributed by atoms with Crippen molar-refractivity contribution in [3.63, 3.8) is 0 Å². The van der Waals surface area contributed by atoms with Crippen molar-refractivity contribution in [2.75, 3.05) is 20.1 Å². The molecule has 1 aromatic carbocycles. The summed E-state index contributed by atoms with van der Waals surface area (Å²) in [7, 11) is 1.94. The lowest BCUT2D eigenvalue weighted by molar-refractivity contribution is 0.0707. The van der Waals surface area contributed by atoms with Gasteiger partial charge in [-0.05, 0) is 32.4 Å². The van der Waals surface area contributed by atoms with Gasteiger partial charge in [-0.2, -0.15) is 0 Å². The molecule has 0 saturated carbocycles. The fraction of sp³-hybridized carbons (Fsp3) is 0.533. The second kappa shape index (κ2) is 6.06. The molecule has 0 spiro atoms. The summed E-state index contributed by atoms with van der Waals surface area (Å²) in [6, 6.07) is 9.76. The van der Waals surface area contributed by atoms with Gasteiger partial charge in [0.15, 0.2) is 0 Å². The van der Waals surface area contributed by atoms with E-state index in [-0.39, 0.29) is 11.6 Å². The minimum Gasteiger partial charge on any atom is -0.445 e. The third-order valence-corrected chi connectivity index (χ3v) is 3.76. The van der Waals surface area contributed by atoms with Crippen LogP contribution in [0.1, 0.15) is 25.3 Å². The minimum atomic E-state index is -0.218. The van der Waals surface area contributed by atoms with E-state index in [1.807, 2.05) is 37.4 Å². The van der Waals surface area contributed by atoms with E-state index in [1.165, 1.54) is 0 Å². The lowest BCUT2D eigenvalue weighted by atomic mass is 9.92. The summed E-state index contributed by atoms with van der Waals surface area (Å²) in [6.07, 6.45) is 1.88. The van der Waals surface area contributed by atoms with Crippen LogP contribution in [0.3, 0.4) is 0 Å². The average molecular weight is 262 g/mol. The molecule has 19 heavy (non-hydrogen) atoms. The van der Waals surface area contributed by atoms with Crippen LogP contribution in [0.25, 0.3) is 0 Å². The molecule has 0 aromatic heterocycles. The fourth-order valence-electron chi connectivity index (χ4n) is 2.41. The molecule has 4 heteroatoms. The molecule has 1 saturated heterocycles. The number of nitrogens with zero attached hydrogens (tertiary/aromatic N) is 1. The van der Waals surface area contributed by atoms with Crippen molar-refractivity contribution in [3.05, 3.63) is 35.9 Å². The van der Waals surface area contributed by atoms with Gasteiger partial charge in [-0.3, -0.25) is 0 Å². The third kappa shape index (κ3) is 3.70. The van der Waals surface area contributed by atoms with Crippen LogP contribution in [0, 0.1) is 0 Å². The maximum absolute atomic E-state index is 12.1. The van der Waals surface area contributed by atoms with E-state index < -0.39 is 0 Å². The first-order valence-electron chi connectivity index (χ1n) is 6.77. The Hall–Kier alpha value is -1.55. The molecule has 104 valence electrons. The van der Waals surface area contributed by atoms with Crippen LogP contribution in [0.5, 0.6) is 0 Å². The van der Waals surface area contributed by atoms with Crippen molar-refractivity contribution >= 4 is 6.09 Å². The van der Waals surface area contributed by atoms with E-state index in [0.29, 0.717) is 13.2 Å². The van der Waals surface area contributed by atoms with Gasteiger partial charge >= 0.3 is 6.09 Å². The Bertz CT molecular complexity index is 421. The molecule has 4 nitrogen and oxygen atoms in total. The van der Waals surface area contributed by atoms with E-state index >= 15 is 0 Å². The molecule has 1 aliphatic rings. The fourth-order valence-corrected chi connectivity index (χ4v) is 2.41.